The topological polar surface area (TPSA) is 32.3 Å². The van der Waals surface area contributed by atoms with Gasteiger partial charge in [-0.1, -0.05) is 13.8 Å². The first-order valence-corrected chi connectivity index (χ1v) is 7.80. The van der Waals surface area contributed by atoms with Crippen molar-refractivity contribution in [3.8, 4) is 0 Å². The van der Waals surface area contributed by atoms with Crippen molar-refractivity contribution in [2.45, 2.75) is 50.8 Å². The molecule has 0 saturated heterocycles. The van der Waals surface area contributed by atoms with Crippen molar-refractivity contribution >= 4 is 17.7 Å². The maximum atomic E-state index is 11.6. The molecule has 0 bridgehead atoms. The van der Waals surface area contributed by atoms with Gasteiger partial charge in [0, 0.05) is 17.8 Å². The van der Waals surface area contributed by atoms with E-state index in [0.29, 0.717) is 12.6 Å². The van der Waals surface area contributed by atoms with Gasteiger partial charge in [0.05, 0.1) is 6.54 Å². The predicted octanol–water partition coefficient (Wildman–Crippen LogP) is 2.12. The van der Waals surface area contributed by atoms with Gasteiger partial charge in [-0.2, -0.15) is 11.8 Å². The number of amides is 1. The zero-order chi connectivity index (χ0) is 12.7. The summed E-state index contributed by atoms with van der Waals surface area (Å²) < 4.78 is 0. The number of carbonyl (C=O) groups excluding carboxylic acids is 1. The lowest BCUT2D eigenvalue weighted by Crippen LogP contribution is -2.40. The highest BCUT2D eigenvalue weighted by Gasteiger charge is 2.28. The Labute approximate surface area is 110 Å². The fourth-order valence-electron chi connectivity index (χ4n) is 2.38. The number of rotatable bonds is 7. The fraction of sp³-hybridized carbons (Fsp3) is 0.923. The van der Waals surface area contributed by atoms with Gasteiger partial charge < -0.3 is 5.32 Å². The van der Waals surface area contributed by atoms with E-state index in [2.05, 4.69) is 42.9 Å². The summed E-state index contributed by atoms with van der Waals surface area (Å²) in [6.07, 6.45) is 4.81. The summed E-state index contributed by atoms with van der Waals surface area (Å²) in [7, 11) is 2.08. The summed E-state index contributed by atoms with van der Waals surface area (Å²) in [4.78, 5) is 13.8. The van der Waals surface area contributed by atoms with Crippen LogP contribution in [0.15, 0.2) is 0 Å². The van der Waals surface area contributed by atoms with Crippen molar-refractivity contribution in [2.75, 3.05) is 25.9 Å². The largest absolute Gasteiger partial charge is 0.355 e. The molecule has 0 radical (unpaired) electrons. The first kappa shape index (κ1) is 14.8. The second-order valence-corrected chi connectivity index (χ2v) is 6.39. The van der Waals surface area contributed by atoms with E-state index in [4.69, 9.17) is 0 Å². The standard InChI is InChI=1S/C13H26N2OS/c1-4-8-14-13(16)10-15(3)11-6-7-12(9-11)17-5-2/h11-12H,4-10H2,1-3H3,(H,14,16). The Morgan fingerprint density at radius 3 is 2.82 bits per heavy atom. The van der Waals surface area contributed by atoms with Crippen LogP contribution < -0.4 is 5.32 Å². The average Bonchev–Trinajstić information content (AvgIpc) is 2.75. The highest BCUT2D eigenvalue weighted by atomic mass is 32.2. The van der Waals surface area contributed by atoms with Gasteiger partial charge in [-0.05, 0) is 38.5 Å². The number of hydrogen-bond acceptors (Lipinski definition) is 3. The van der Waals surface area contributed by atoms with E-state index in [1.807, 2.05) is 0 Å². The molecule has 0 aromatic heterocycles. The number of thioether (sulfide) groups is 1. The lowest BCUT2D eigenvalue weighted by Gasteiger charge is -2.23. The first-order valence-electron chi connectivity index (χ1n) is 6.75. The summed E-state index contributed by atoms with van der Waals surface area (Å²) in [5, 5.41) is 3.75. The molecule has 1 rings (SSSR count). The zero-order valence-corrected chi connectivity index (χ0v) is 12.2. The summed E-state index contributed by atoms with van der Waals surface area (Å²) in [6, 6.07) is 0.603. The van der Waals surface area contributed by atoms with Crippen molar-refractivity contribution in [1.29, 1.82) is 0 Å². The Bertz CT molecular complexity index is 235. The summed E-state index contributed by atoms with van der Waals surface area (Å²) in [5.74, 6) is 1.37. The molecule has 1 fully saturated rings. The van der Waals surface area contributed by atoms with Crippen molar-refractivity contribution in [2.24, 2.45) is 0 Å². The van der Waals surface area contributed by atoms with Crippen molar-refractivity contribution in [3.63, 3.8) is 0 Å². The predicted molar refractivity (Wildman–Crippen MR) is 75.5 cm³/mol. The van der Waals surface area contributed by atoms with Crippen molar-refractivity contribution < 1.29 is 4.79 Å². The van der Waals surface area contributed by atoms with E-state index in [-0.39, 0.29) is 5.91 Å². The lowest BCUT2D eigenvalue weighted by molar-refractivity contribution is -0.122. The third-order valence-corrected chi connectivity index (χ3v) is 4.58. The Morgan fingerprint density at radius 2 is 2.18 bits per heavy atom. The first-order chi connectivity index (χ1) is 8.17. The van der Waals surface area contributed by atoms with E-state index in [1.54, 1.807) is 0 Å². The number of nitrogens with one attached hydrogen (secondary N) is 1. The third kappa shape index (κ3) is 5.30. The molecule has 1 aliphatic carbocycles. The number of carbonyl (C=O) groups is 1. The van der Waals surface area contributed by atoms with Crippen molar-refractivity contribution in [3.05, 3.63) is 0 Å². The van der Waals surface area contributed by atoms with Crippen LogP contribution >= 0.6 is 11.8 Å². The molecule has 3 nitrogen and oxygen atoms in total. The summed E-state index contributed by atoms with van der Waals surface area (Å²) in [5.41, 5.74) is 0. The quantitative estimate of drug-likeness (QED) is 0.759. The average molecular weight is 258 g/mol. The van der Waals surface area contributed by atoms with Crippen LogP contribution in [0, 0.1) is 0 Å². The molecule has 17 heavy (non-hydrogen) atoms. The molecule has 0 aliphatic heterocycles. The van der Waals surface area contributed by atoms with Gasteiger partial charge in [-0.3, -0.25) is 9.69 Å². The van der Waals surface area contributed by atoms with Gasteiger partial charge in [0.15, 0.2) is 0 Å². The van der Waals surface area contributed by atoms with Gasteiger partial charge >= 0.3 is 0 Å². The Hall–Kier alpha value is -0.220. The van der Waals surface area contributed by atoms with Gasteiger partial charge in [0.25, 0.3) is 0 Å². The SMILES string of the molecule is CCCNC(=O)CN(C)C1CCC(SCC)C1. The minimum absolute atomic E-state index is 0.168. The fourth-order valence-corrected chi connectivity index (χ4v) is 3.51. The summed E-state index contributed by atoms with van der Waals surface area (Å²) in [6.45, 7) is 5.65. The lowest BCUT2D eigenvalue weighted by atomic mass is 10.2. The normalized spacial score (nSPS) is 24.2. The molecule has 2 atom stereocenters. The van der Waals surface area contributed by atoms with Crippen LogP contribution in [-0.4, -0.2) is 48.0 Å². The Morgan fingerprint density at radius 1 is 1.41 bits per heavy atom. The summed E-state index contributed by atoms with van der Waals surface area (Å²) >= 11 is 2.07. The molecule has 1 amide bonds. The molecule has 0 aromatic carbocycles. The van der Waals surface area contributed by atoms with Crippen LogP contribution in [0.1, 0.15) is 39.5 Å². The van der Waals surface area contributed by atoms with Crippen molar-refractivity contribution in [1.82, 2.24) is 10.2 Å². The van der Waals surface area contributed by atoms with Crippen LogP contribution in [0.25, 0.3) is 0 Å². The number of likely N-dealkylation sites (N-methyl/N-ethyl adjacent to an activating group) is 1. The van der Waals surface area contributed by atoms with Crippen LogP contribution in [0.3, 0.4) is 0 Å². The molecule has 1 saturated carbocycles. The smallest absolute Gasteiger partial charge is 0.234 e. The molecule has 100 valence electrons. The minimum atomic E-state index is 0.168. The van der Waals surface area contributed by atoms with Crippen LogP contribution in [0.5, 0.6) is 0 Å². The minimum Gasteiger partial charge on any atom is -0.355 e. The van der Waals surface area contributed by atoms with E-state index in [1.165, 1.54) is 25.0 Å². The van der Waals surface area contributed by atoms with Crippen LogP contribution in [0.2, 0.25) is 0 Å². The molecule has 2 unspecified atom stereocenters. The van der Waals surface area contributed by atoms with Gasteiger partial charge in [0.2, 0.25) is 5.91 Å². The Kier molecular flexibility index (Phi) is 6.97. The van der Waals surface area contributed by atoms with E-state index >= 15 is 0 Å². The second-order valence-electron chi connectivity index (χ2n) is 4.81. The van der Waals surface area contributed by atoms with E-state index < -0.39 is 0 Å². The maximum Gasteiger partial charge on any atom is 0.234 e. The molecule has 4 heteroatoms. The molecular formula is C13H26N2OS. The van der Waals surface area contributed by atoms with Gasteiger partial charge in [-0.15, -0.1) is 0 Å². The van der Waals surface area contributed by atoms with E-state index in [9.17, 15) is 4.79 Å². The second kappa shape index (κ2) is 7.98. The molecule has 0 heterocycles. The van der Waals surface area contributed by atoms with Gasteiger partial charge in [-0.25, -0.2) is 0 Å². The zero-order valence-electron chi connectivity index (χ0n) is 11.4. The number of hydrogen-bond donors (Lipinski definition) is 1. The molecule has 1 N–H and O–H groups in total. The molecule has 1 aliphatic rings. The highest BCUT2D eigenvalue weighted by molar-refractivity contribution is 7.99. The van der Waals surface area contributed by atoms with Crippen LogP contribution in [-0.2, 0) is 4.79 Å². The third-order valence-electron chi connectivity index (χ3n) is 3.35. The van der Waals surface area contributed by atoms with Crippen LogP contribution in [0.4, 0.5) is 0 Å². The number of nitrogens with zero attached hydrogens (tertiary/aromatic N) is 1. The molecular weight excluding hydrogens is 232 g/mol. The molecule has 0 spiro atoms. The Balaban J connectivity index is 2.24. The van der Waals surface area contributed by atoms with E-state index in [0.717, 1.165) is 18.2 Å². The highest BCUT2D eigenvalue weighted by Crippen LogP contribution is 2.31. The maximum absolute atomic E-state index is 11.6. The van der Waals surface area contributed by atoms with Gasteiger partial charge in [0.1, 0.15) is 0 Å². The molecule has 0 aromatic rings. The monoisotopic (exact) mass is 258 g/mol.